The quantitative estimate of drug-likeness (QED) is 0.776. The van der Waals surface area contributed by atoms with Crippen LogP contribution in [0.25, 0.3) is 6.08 Å². The summed E-state index contributed by atoms with van der Waals surface area (Å²) in [6.07, 6.45) is 7.56. The largest absolute Gasteiger partial charge is 0.375 e. The minimum absolute atomic E-state index is 0.685. The highest BCUT2D eigenvalue weighted by Crippen LogP contribution is 2.32. The first kappa shape index (κ1) is 15.6. The third kappa shape index (κ3) is 3.38. The Kier molecular flexibility index (Phi) is 4.87. The summed E-state index contributed by atoms with van der Waals surface area (Å²) in [5.41, 5.74) is 5.97. The van der Waals surface area contributed by atoms with Gasteiger partial charge in [-0.05, 0) is 61.5 Å². The summed E-state index contributed by atoms with van der Waals surface area (Å²) < 4.78 is 0. The topological polar surface area (TPSA) is 6.48 Å². The molecule has 1 aromatic carbocycles. The van der Waals surface area contributed by atoms with E-state index in [4.69, 9.17) is 0 Å². The summed E-state index contributed by atoms with van der Waals surface area (Å²) in [6.45, 7) is 9.56. The van der Waals surface area contributed by atoms with E-state index in [2.05, 4.69) is 55.0 Å². The van der Waals surface area contributed by atoms with Crippen molar-refractivity contribution in [3.8, 4) is 0 Å². The minimum Gasteiger partial charge on any atom is -0.375 e. The van der Waals surface area contributed by atoms with Gasteiger partial charge in [0.1, 0.15) is 0 Å². The Morgan fingerprint density at radius 2 is 2.09 bits per heavy atom. The average molecular weight is 298 g/mol. The van der Waals surface area contributed by atoms with Gasteiger partial charge in [0, 0.05) is 25.8 Å². The number of likely N-dealkylation sites (tertiary alicyclic amines) is 1. The molecule has 0 aromatic heterocycles. The summed E-state index contributed by atoms with van der Waals surface area (Å²) in [7, 11) is 2.22. The highest BCUT2D eigenvalue weighted by atomic mass is 15.2. The van der Waals surface area contributed by atoms with Crippen molar-refractivity contribution in [1.29, 1.82) is 0 Å². The fourth-order valence-electron chi connectivity index (χ4n) is 3.47. The van der Waals surface area contributed by atoms with E-state index in [9.17, 15) is 0 Å². The van der Waals surface area contributed by atoms with Crippen LogP contribution in [0.3, 0.4) is 0 Å². The summed E-state index contributed by atoms with van der Waals surface area (Å²) in [5, 5.41) is 0. The molecule has 2 heteroatoms. The maximum Gasteiger partial charge on any atom is 0.0366 e. The van der Waals surface area contributed by atoms with E-state index in [1.54, 1.807) is 5.57 Å². The molecule has 1 saturated heterocycles. The molecule has 1 aliphatic carbocycles. The molecule has 1 fully saturated rings. The lowest BCUT2D eigenvalue weighted by atomic mass is 9.83. The van der Waals surface area contributed by atoms with E-state index in [-0.39, 0.29) is 0 Å². The Bertz CT molecular complexity index is 543. The van der Waals surface area contributed by atoms with Crippen LogP contribution in [-0.4, -0.2) is 38.1 Å². The van der Waals surface area contributed by atoms with Crippen LogP contribution in [-0.2, 0) is 6.42 Å². The van der Waals surface area contributed by atoms with Crippen LogP contribution >= 0.6 is 0 Å². The maximum absolute atomic E-state index is 2.57. The van der Waals surface area contributed by atoms with Gasteiger partial charge in [-0.25, -0.2) is 0 Å². The number of benzene rings is 1. The summed E-state index contributed by atoms with van der Waals surface area (Å²) in [4.78, 5) is 4.97. The van der Waals surface area contributed by atoms with Gasteiger partial charge in [0.25, 0.3) is 0 Å². The van der Waals surface area contributed by atoms with Gasteiger partial charge in [0.2, 0.25) is 0 Å². The third-order valence-electron chi connectivity index (χ3n) is 5.27. The third-order valence-corrected chi connectivity index (χ3v) is 5.27. The summed E-state index contributed by atoms with van der Waals surface area (Å²) >= 11 is 0. The second kappa shape index (κ2) is 6.87. The Hall–Kier alpha value is -1.28. The number of fused-ring (bicyclic) bond motifs is 1. The van der Waals surface area contributed by atoms with Gasteiger partial charge in [-0.15, -0.1) is 0 Å². The molecule has 120 valence electrons. The van der Waals surface area contributed by atoms with Gasteiger partial charge in [-0.3, -0.25) is 4.90 Å². The fraction of sp³-hybridized carbons (Fsp3) is 0.600. The van der Waals surface area contributed by atoms with Crippen molar-refractivity contribution >= 4 is 11.8 Å². The van der Waals surface area contributed by atoms with Crippen molar-refractivity contribution in [2.45, 2.75) is 39.5 Å². The molecule has 1 atom stereocenters. The van der Waals surface area contributed by atoms with E-state index in [1.165, 1.54) is 62.1 Å². The second-order valence-corrected chi connectivity index (χ2v) is 7.11. The van der Waals surface area contributed by atoms with Crippen molar-refractivity contribution in [3.63, 3.8) is 0 Å². The smallest absolute Gasteiger partial charge is 0.0366 e. The predicted molar refractivity (Wildman–Crippen MR) is 96.5 cm³/mol. The molecule has 0 radical (unpaired) electrons. The zero-order chi connectivity index (χ0) is 15.5. The number of anilines is 1. The molecular weight excluding hydrogens is 268 g/mol. The van der Waals surface area contributed by atoms with E-state index >= 15 is 0 Å². The van der Waals surface area contributed by atoms with E-state index < -0.39 is 0 Å². The van der Waals surface area contributed by atoms with Crippen LogP contribution in [0.4, 0.5) is 5.69 Å². The van der Waals surface area contributed by atoms with Gasteiger partial charge in [0.05, 0.1) is 0 Å². The molecule has 0 amide bonds. The Balaban J connectivity index is 1.75. The van der Waals surface area contributed by atoms with Gasteiger partial charge in [0.15, 0.2) is 0 Å². The molecule has 0 saturated carbocycles. The first-order valence-electron chi connectivity index (χ1n) is 8.94. The molecule has 2 aliphatic rings. The highest BCUT2D eigenvalue weighted by Gasteiger charge is 2.22. The standard InChI is InChI=1S/C20H30N2/c1-4-5-9-21(3)20-8-7-17-13-19(15-22-10-6-11-22)16(2)12-18(17)14-20/h7-8,13-14,16H,4-6,9-12,15H2,1-3H3/t16-/m0/s1. The average Bonchev–Trinajstić information content (AvgIpc) is 2.48. The van der Waals surface area contributed by atoms with Crippen molar-refractivity contribution in [3.05, 3.63) is 34.9 Å². The first-order valence-corrected chi connectivity index (χ1v) is 8.94. The SMILES string of the molecule is CCCCN(C)c1ccc2c(c1)C[C@H](C)C(CN1CCC1)=C2. The van der Waals surface area contributed by atoms with Gasteiger partial charge >= 0.3 is 0 Å². The van der Waals surface area contributed by atoms with E-state index in [0.29, 0.717) is 5.92 Å². The zero-order valence-corrected chi connectivity index (χ0v) is 14.4. The summed E-state index contributed by atoms with van der Waals surface area (Å²) in [6, 6.07) is 7.04. The highest BCUT2D eigenvalue weighted by molar-refractivity contribution is 5.65. The van der Waals surface area contributed by atoms with Gasteiger partial charge < -0.3 is 4.90 Å². The number of nitrogens with zero attached hydrogens (tertiary/aromatic N) is 2. The molecule has 22 heavy (non-hydrogen) atoms. The lowest BCUT2D eigenvalue weighted by Gasteiger charge is -2.34. The molecule has 1 aromatic rings. The molecule has 0 unspecified atom stereocenters. The fourth-order valence-corrected chi connectivity index (χ4v) is 3.47. The molecule has 1 heterocycles. The van der Waals surface area contributed by atoms with Gasteiger partial charge in [-0.1, -0.05) is 38.0 Å². The monoisotopic (exact) mass is 298 g/mol. The minimum atomic E-state index is 0.685. The van der Waals surface area contributed by atoms with Crippen LogP contribution < -0.4 is 4.90 Å². The molecule has 0 spiro atoms. The van der Waals surface area contributed by atoms with Crippen molar-refractivity contribution in [1.82, 2.24) is 4.90 Å². The molecule has 1 aliphatic heterocycles. The Labute approximate surface area is 135 Å². The van der Waals surface area contributed by atoms with Crippen LogP contribution in [0, 0.1) is 5.92 Å². The van der Waals surface area contributed by atoms with Crippen LogP contribution in [0.5, 0.6) is 0 Å². The number of hydrogen-bond donors (Lipinski definition) is 0. The van der Waals surface area contributed by atoms with Crippen molar-refractivity contribution in [2.24, 2.45) is 5.92 Å². The first-order chi connectivity index (χ1) is 10.7. The van der Waals surface area contributed by atoms with Crippen LogP contribution in [0.2, 0.25) is 0 Å². The molecule has 0 N–H and O–H groups in total. The number of hydrogen-bond acceptors (Lipinski definition) is 2. The summed E-state index contributed by atoms with van der Waals surface area (Å²) in [5.74, 6) is 0.685. The van der Waals surface area contributed by atoms with Gasteiger partial charge in [-0.2, -0.15) is 0 Å². The van der Waals surface area contributed by atoms with Crippen molar-refractivity contribution < 1.29 is 0 Å². The molecule has 2 nitrogen and oxygen atoms in total. The predicted octanol–water partition coefficient (Wildman–Crippen LogP) is 4.20. The number of rotatable bonds is 6. The lowest BCUT2D eigenvalue weighted by Crippen LogP contribution is -2.39. The molecule has 0 bridgehead atoms. The lowest BCUT2D eigenvalue weighted by molar-refractivity contribution is 0.194. The normalized spacial score (nSPS) is 21.0. The van der Waals surface area contributed by atoms with Crippen LogP contribution in [0.15, 0.2) is 23.8 Å². The Morgan fingerprint density at radius 1 is 1.27 bits per heavy atom. The van der Waals surface area contributed by atoms with Crippen molar-refractivity contribution in [2.75, 3.05) is 38.1 Å². The second-order valence-electron chi connectivity index (χ2n) is 7.11. The van der Waals surface area contributed by atoms with E-state index in [0.717, 1.165) is 6.54 Å². The number of unbranched alkanes of at least 4 members (excludes halogenated alkanes) is 1. The van der Waals surface area contributed by atoms with E-state index in [1.807, 2.05) is 0 Å². The zero-order valence-electron chi connectivity index (χ0n) is 14.4. The Morgan fingerprint density at radius 3 is 2.77 bits per heavy atom. The van der Waals surface area contributed by atoms with Crippen LogP contribution in [0.1, 0.15) is 44.2 Å². The maximum atomic E-state index is 2.57. The molecular formula is C20H30N2. The molecule has 3 rings (SSSR count).